The van der Waals surface area contributed by atoms with Crippen LogP contribution in [0.1, 0.15) is 47.5 Å². The van der Waals surface area contributed by atoms with Crippen LogP contribution in [0.2, 0.25) is 0 Å². The van der Waals surface area contributed by atoms with Crippen molar-refractivity contribution in [1.29, 1.82) is 0 Å². The van der Waals surface area contributed by atoms with Crippen molar-refractivity contribution in [3.8, 4) is 0 Å². The molecule has 0 saturated carbocycles. The number of halogens is 1. The van der Waals surface area contributed by atoms with Gasteiger partial charge in [0.05, 0.1) is 0 Å². The molecular weight excluding hydrogens is 248 g/mol. The van der Waals surface area contributed by atoms with Crippen molar-refractivity contribution in [3.63, 3.8) is 0 Å². The molecule has 0 radical (unpaired) electrons. The van der Waals surface area contributed by atoms with Crippen molar-refractivity contribution in [1.82, 2.24) is 5.32 Å². The monoisotopic (exact) mass is 266 g/mol. The fourth-order valence-corrected chi connectivity index (χ4v) is 3.39. The molecule has 18 heavy (non-hydrogen) atoms. The van der Waals surface area contributed by atoms with Crippen LogP contribution < -0.4 is 11.1 Å². The number of hydrogen-bond acceptors (Lipinski definition) is 2. The smallest absolute Gasteiger partial charge is 0.248 e. The second-order valence-electron chi connectivity index (χ2n) is 5.26. The van der Waals surface area contributed by atoms with Gasteiger partial charge in [-0.05, 0) is 43.2 Å². The minimum Gasteiger partial charge on any atom is -0.366 e. The molecule has 1 amide bonds. The van der Waals surface area contributed by atoms with Crippen molar-refractivity contribution >= 4 is 18.3 Å². The van der Waals surface area contributed by atoms with E-state index in [-0.39, 0.29) is 18.3 Å². The second kappa shape index (κ2) is 5.29. The summed E-state index contributed by atoms with van der Waals surface area (Å²) in [6, 6.07) is 9.08. The van der Waals surface area contributed by atoms with Crippen LogP contribution >= 0.6 is 12.4 Å². The van der Waals surface area contributed by atoms with E-state index in [0.717, 1.165) is 18.4 Å². The zero-order chi connectivity index (χ0) is 11.8. The lowest BCUT2D eigenvalue weighted by atomic mass is 9.84. The van der Waals surface area contributed by atoms with Gasteiger partial charge < -0.3 is 11.1 Å². The number of piperidine rings is 1. The molecule has 1 aromatic carbocycles. The number of rotatable bonds is 2. The largest absolute Gasteiger partial charge is 0.366 e. The van der Waals surface area contributed by atoms with E-state index < -0.39 is 0 Å². The third-order valence-corrected chi connectivity index (χ3v) is 4.14. The number of carbonyl (C=O) groups is 1. The van der Waals surface area contributed by atoms with Gasteiger partial charge >= 0.3 is 0 Å². The first-order valence-corrected chi connectivity index (χ1v) is 6.39. The minimum atomic E-state index is -0.300. The van der Waals surface area contributed by atoms with Gasteiger partial charge in [0.2, 0.25) is 5.91 Å². The molecule has 4 heteroatoms. The molecule has 2 aliphatic rings. The Morgan fingerprint density at radius 1 is 1.17 bits per heavy atom. The van der Waals surface area contributed by atoms with Crippen molar-refractivity contribution in [2.75, 3.05) is 0 Å². The van der Waals surface area contributed by atoms with Crippen LogP contribution in [0.15, 0.2) is 24.3 Å². The van der Waals surface area contributed by atoms with E-state index in [1.807, 2.05) is 18.2 Å². The molecule has 3 nitrogen and oxygen atoms in total. The number of benzene rings is 1. The first kappa shape index (κ1) is 13.4. The standard InChI is InChI=1S/C14H18N2O.ClH/c15-14(17)13-4-2-1-3-12(13)9-7-10-5-6-11(8-9)16-10;/h1-4,9-11,16H,5-8H2,(H2,15,17);1H. The van der Waals surface area contributed by atoms with Crippen LogP contribution in [0.3, 0.4) is 0 Å². The molecule has 0 aromatic heterocycles. The van der Waals surface area contributed by atoms with Crippen LogP contribution in [0, 0.1) is 0 Å². The van der Waals surface area contributed by atoms with Crippen LogP contribution in [0.5, 0.6) is 0 Å². The molecule has 0 spiro atoms. The maximum absolute atomic E-state index is 11.4. The number of nitrogens with one attached hydrogen (secondary N) is 1. The summed E-state index contributed by atoms with van der Waals surface area (Å²) in [4.78, 5) is 11.4. The molecule has 1 aromatic rings. The average molecular weight is 267 g/mol. The van der Waals surface area contributed by atoms with Crippen LogP contribution in [0.25, 0.3) is 0 Å². The highest BCUT2D eigenvalue weighted by Crippen LogP contribution is 2.38. The normalized spacial score (nSPS) is 29.7. The van der Waals surface area contributed by atoms with Crippen molar-refractivity contribution in [2.24, 2.45) is 5.73 Å². The zero-order valence-electron chi connectivity index (χ0n) is 10.3. The van der Waals surface area contributed by atoms with Gasteiger partial charge in [-0.2, -0.15) is 0 Å². The average Bonchev–Trinajstić information content (AvgIpc) is 2.68. The summed E-state index contributed by atoms with van der Waals surface area (Å²) in [7, 11) is 0. The summed E-state index contributed by atoms with van der Waals surface area (Å²) in [6.45, 7) is 0. The summed E-state index contributed by atoms with van der Waals surface area (Å²) < 4.78 is 0. The van der Waals surface area contributed by atoms with Gasteiger partial charge in [0.25, 0.3) is 0 Å². The summed E-state index contributed by atoms with van der Waals surface area (Å²) in [5.74, 6) is 0.198. The van der Waals surface area contributed by atoms with Crippen molar-refractivity contribution in [3.05, 3.63) is 35.4 Å². The van der Waals surface area contributed by atoms with E-state index in [1.54, 1.807) is 0 Å². The Kier molecular flexibility index (Phi) is 3.93. The molecule has 98 valence electrons. The quantitative estimate of drug-likeness (QED) is 0.862. The molecule has 3 rings (SSSR count). The molecule has 2 saturated heterocycles. The van der Waals surface area contributed by atoms with Gasteiger partial charge in [-0.3, -0.25) is 4.79 Å². The highest BCUT2D eigenvalue weighted by molar-refractivity contribution is 5.94. The summed E-state index contributed by atoms with van der Waals surface area (Å²) >= 11 is 0. The molecule has 2 bridgehead atoms. The Morgan fingerprint density at radius 3 is 2.39 bits per heavy atom. The molecule has 2 atom stereocenters. The number of amides is 1. The van der Waals surface area contributed by atoms with Crippen molar-refractivity contribution < 1.29 is 4.79 Å². The van der Waals surface area contributed by atoms with E-state index in [9.17, 15) is 4.79 Å². The lowest BCUT2D eigenvalue weighted by Gasteiger charge is -2.30. The lowest BCUT2D eigenvalue weighted by molar-refractivity contribution is 0.0998. The van der Waals surface area contributed by atoms with E-state index >= 15 is 0 Å². The van der Waals surface area contributed by atoms with Gasteiger partial charge in [-0.15, -0.1) is 12.4 Å². The summed E-state index contributed by atoms with van der Waals surface area (Å²) in [6.07, 6.45) is 4.83. The Labute approximate surface area is 114 Å². The predicted octanol–water partition coefficient (Wildman–Crippen LogP) is 2.21. The highest BCUT2D eigenvalue weighted by Gasteiger charge is 2.34. The van der Waals surface area contributed by atoms with Crippen LogP contribution in [0.4, 0.5) is 0 Å². The second-order valence-corrected chi connectivity index (χ2v) is 5.26. The van der Waals surface area contributed by atoms with Gasteiger partial charge in [0.1, 0.15) is 0 Å². The highest BCUT2D eigenvalue weighted by atomic mass is 35.5. The van der Waals surface area contributed by atoms with Gasteiger partial charge in [-0.1, -0.05) is 18.2 Å². The first-order chi connectivity index (χ1) is 8.24. The van der Waals surface area contributed by atoms with Gasteiger partial charge in [-0.25, -0.2) is 0 Å². The van der Waals surface area contributed by atoms with E-state index in [2.05, 4.69) is 11.4 Å². The summed E-state index contributed by atoms with van der Waals surface area (Å²) in [5.41, 5.74) is 7.31. The minimum absolute atomic E-state index is 0. The Hall–Kier alpha value is -1.06. The first-order valence-electron chi connectivity index (χ1n) is 6.39. The summed E-state index contributed by atoms with van der Waals surface area (Å²) in [5, 5.41) is 3.62. The maximum atomic E-state index is 11.4. The molecule has 2 heterocycles. The molecule has 3 N–H and O–H groups in total. The molecule has 0 aliphatic carbocycles. The van der Waals surface area contributed by atoms with E-state index in [4.69, 9.17) is 5.73 Å². The fourth-order valence-electron chi connectivity index (χ4n) is 3.39. The Balaban J connectivity index is 0.00000120. The zero-order valence-corrected chi connectivity index (χ0v) is 11.1. The Bertz CT molecular complexity index is 437. The number of primary amides is 1. The Morgan fingerprint density at radius 2 is 1.78 bits per heavy atom. The number of nitrogens with two attached hydrogens (primary N) is 1. The predicted molar refractivity (Wildman–Crippen MR) is 74.1 cm³/mol. The van der Waals surface area contributed by atoms with E-state index in [0.29, 0.717) is 23.6 Å². The maximum Gasteiger partial charge on any atom is 0.248 e. The lowest BCUT2D eigenvalue weighted by Crippen LogP contribution is -2.37. The fraction of sp³-hybridized carbons (Fsp3) is 0.500. The third-order valence-electron chi connectivity index (χ3n) is 4.14. The number of hydrogen-bond donors (Lipinski definition) is 2. The molecular formula is C14H19ClN2O. The third kappa shape index (κ3) is 2.38. The topological polar surface area (TPSA) is 55.1 Å². The van der Waals surface area contributed by atoms with Gasteiger partial charge in [0, 0.05) is 17.6 Å². The van der Waals surface area contributed by atoms with Crippen LogP contribution in [-0.2, 0) is 0 Å². The van der Waals surface area contributed by atoms with Crippen molar-refractivity contribution in [2.45, 2.75) is 43.7 Å². The number of carbonyl (C=O) groups excluding carboxylic acids is 1. The SMILES string of the molecule is Cl.NC(=O)c1ccccc1C1CC2CCC(C1)N2. The van der Waals surface area contributed by atoms with Gasteiger partial charge in [0.15, 0.2) is 0 Å². The molecule has 2 aliphatic heterocycles. The van der Waals surface area contributed by atoms with E-state index in [1.165, 1.54) is 12.8 Å². The molecule has 2 fully saturated rings. The van der Waals surface area contributed by atoms with Crippen LogP contribution in [-0.4, -0.2) is 18.0 Å². The molecule has 2 unspecified atom stereocenters. The number of fused-ring (bicyclic) bond motifs is 2.